The number of phenols is 2. The Morgan fingerprint density at radius 3 is 1.58 bits per heavy atom. The molecule has 5 rings (SSSR count). The van der Waals surface area contributed by atoms with Crippen LogP contribution >= 0.6 is 0 Å². The van der Waals surface area contributed by atoms with Crippen LogP contribution in [0.15, 0.2) is 36.4 Å². The van der Waals surface area contributed by atoms with Crippen molar-refractivity contribution in [1.29, 1.82) is 0 Å². The van der Waals surface area contributed by atoms with E-state index in [0.717, 1.165) is 76.5 Å². The number of hydrogen-bond donors (Lipinski definition) is 3. The first kappa shape index (κ1) is 40.4. The van der Waals surface area contributed by atoms with Crippen molar-refractivity contribution in [3.63, 3.8) is 0 Å². The molecule has 0 atom stereocenters. The molecule has 2 aromatic rings. The van der Waals surface area contributed by atoms with E-state index in [1.54, 1.807) is 12.1 Å². The van der Waals surface area contributed by atoms with Crippen molar-refractivity contribution in [2.45, 2.75) is 65.7 Å². The van der Waals surface area contributed by atoms with Crippen LogP contribution < -0.4 is 0 Å². The Morgan fingerprint density at radius 2 is 1.23 bits per heavy atom. The number of likely N-dealkylation sites (tertiary alicyclic amines) is 2. The average Bonchev–Trinajstić information content (AvgIpc) is 3.68. The van der Waals surface area contributed by atoms with Crippen molar-refractivity contribution >= 4 is 24.5 Å². The van der Waals surface area contributed by atoms with Crippen LogP contribution in [-0.2, 0) is 31.9 Å². The van der Waals surface area contributed by atoms with Crippen molar-refractivity contribution in [2.24, 2.45) is 11.8 Å². The van der Waals surface area contributed by atoms with Gasteiger partial charge in [-0.2, -0.15) is 0 Å². The zero-order valence-electron chi connectivity index (χ0n) is 27.5. The number of aldehydes is 2. The number of nitrogens with zero attached hydrogens (tertiary/aromatic N) is 2. The molecule has 0 radical (unpaired) electrons. The number of carboxylic acids is 1. The van der Waals surface area contributed by atoms with Crippen LogP contribution in [0.5, 0.6) is 11.5 Å². The molecule has 3 saturated heterocycles. The van der Waals surface area contributed by atoms with Gasteiger partial charge in [0.05, 0.1) is 29.6 Å². The van der Waals surface area contributed by atoms with Crippen molar-refractivity contribution in [2.75, 3.05) is 59.1 Å². The summed E-state index contributed by atoms with van der Waals surface area (Å²) in [5.74, 6) is -0.949. The normalized spacial score (nSPS) is 17.1. The molecule has 0 aromatic heterocycles. The maximum Gasteiger partial charge on any atom is 0.309 e. The summed E-state index contributed by atoms with van der Waals surface area (Å²) in [4.78, 5) is 49.1. The fourth-order valence-corrected chi connectivity index (χ4v) is 6.03. The number of aromatic hydroxyl groups is 2. The quantitative estimate of drug-likeness (QED) is 0.219. The molecule has 0 saturated carbocycles. The summed E-state index contributed by atoms with van der Waals surface area (Å²) in [7, 11) is 0. The highest BCUT2D eigenvalue weighted by molar-refractivity contribution is 5.82. The van der Waals surface area contributed by atoms with E-state index in [-0.39, 0.29) is 36.7 Å². The smallest absolute Gasteiger partial charge is 0.309 e. The maximum absolute atomic E-state index is 11.7. The van der Waals surface area contributed by atoms with Crippen molar-refractivity contribution < 1.29 is 44.0 Å². The number of aliphatic carboxylic acids is 1. The maximum atomic E-state index is 11.7. The molecule has 48 heavy (non-hydrogen) atoms. The Bertz CT molecular complexity index is 1270. The van der Waals surface area contributed by atoms with Crippen LogP contribution in [0.2, 0.25) is 0 Å². The lowest BCUT2D eigenvalue weighted by molar-refractivity contribution is -0.149. The third kappa shape index (κ3) is 13.0. The number of carbonyl (C=O) groups excluding carboxylic acids is 3. The number of hydrogen-bond acceptors (Lipinski definition) is 10. The largest absolute Gasteiger partial charge is 0.507 e. The SMILES string of the molecule is C.C1CCOC1.CCOC(=O)C1CCN(CCc2cccc(O)c2C=O)CC1.O=Cc1c(O)cccc1CCN1CCC(C(=O)O)CC1. The summed E-state index contributed by atoms with van der Waals surface area (Å²) in [6.45, 7) is 9.12. The topological polar surface area (TPSA) is 154 Å². The minimum absolute atomic E-state index is 0. The highest BCUT2D eigenvalue weighted by atomic mass is 16.5. The average molecular weight is 671 g/mol. The fourth-order valence-electron chi connectivity index (χ4n) is 6.03. The van der Waals surface area contributed by atoms with Crippen molar-refractivity contribution in [3.05, 3.63) is 58.7 Å². The number of benzene rings is 2. The second-order valence-corrected chi connectivity index (χ2v) is 12.1. The van der Waals surface area contributed by atoms with Gasteiger partial charge < -0.3 is 34.6 Å². The summed E-state index contributed by atoms with van der Waals surface area (Å²) in [5, 5.41) is 28.2. The predicted molar refractivity (Wildman–Crippen MR) is 184 cm³/mol. The lowest BCUT2D eigenvalue weighted by Crippen LogP contribution is -2.38. The van der Waals surface area contributed by atoms with Gasteiger partial charge in [0.25, 0.3) is 0 Å². The van der Waals surface area contributed by atoms with Gasteiger partial charge in [0.15, 0.2) is 12.6 Å². The number of rotatable bonds is 11. The molecule has 0 spiro atoms. The molecule has 3 aliphatic rings. The molecule has 3 fully saturated rings. The van der Waals surface area contributed by atoms with Gasteiger partial charge in [-0.05, 0) is 108 Å². The van der Waals surface area contributed by atoms with Gasteiger partial charge in [-0.25, -0.2) is 0 Å². The molecule has 3 N–H and O–H groups in total. The monoisotopic (exact) mass is 670 g/mol. The van der Waals surface area contributed by atoms with E-state index in [0.29, 0.717) is 56.0 Å². The van der Waals surface area contributed by atoms with E-state index in [9.17, 15) is 29.4 Å². The number of ether oxygens (including phenoxy) is 2. The van der Waals surface area contributed by atoms with E-state index in [1.165, 1.54) is 25.0 Å². The third-order valence-corrected chi connectivity index (χ3v) is 8.95. The lowest BCUT2D eigenvalue weighted by Gasteiger charge is -2.30. The molecule has 0 aliphatic carbocycles. The molecular formula is C37H54N2O9. The highest BCUT2D eigenvalue weighted by Crippen LogP contribution is 2.23. The number of esters is 1. The van der Waals surface area contributed by atoms with E-state index in [2.05, 4.69) is 9.80 Å². The lowest BCUT2D eigenvalue weighted by atomic mass is 9.96. The first-order valence-corrected chi connectivity index (χ1v) is 16.7. The number of phenolic OH excluding ortho intramolecular Hbond substituents is 2. The molecule has 2 aromatic carbocycles. The second kappa shape index (κ2) is 22.0. The minimum atomic E-state index is -0.708. The number of carboxylic acid groups (broad SMARTS) is 1. The van der Waals surface area contributed by atoms with Crippen LogP contribution in [0.25, 0.3) is 0 Å². The van der Waals surface area contributed by atoms with Crippen molar-refractivity contribution in [3.8, 4) is 11.5 Å². The predicted octanol–water partition coefficient (Wildman–Crippen LogP) is 5.00. The molecular weight excluding hydrogens is 616 g/mol. The first-order valence-electron chi connectivity index (χ1n) is 16.7. The molecule has 0 amide bonds. The van der Waals surface area contributed by atoms with Gasteiger partial charge in [-0.1, -0.05) is 31.7 Å². The van der Waals surface area contributed by atoms with E-state index >= 15 is 0 Å². The molecule has 0 unspecified atom stereocenters. The third-order valence-electron chi connectivity index (χ3n) is 8.95. The van der Waals surface area contributed by atoms with Crippen LogP contribution in [0.4, 0.5) is 0 Å². The molecule has 3 aliphatic heterocycles. The van der Waals surface area contributed by atoms with Crippen molar-refractivity contribution in [1.82, 2.24) is 9.80 Å². The molecule has 3 heterocycles. The van der Waals surface area contributed by atoms with E-state index in [1.807, 2.05) is 19.1 Å². The van der Waals surface area contributed by atoms with Gasteiger partial charge in [-0.3, -0.25) is 19.2 Å². The Morgan fingerprint density at radius 1 is 0.792 bits per heavy atom. The standard InChI is InChI=1S/C17H23NO4.C15H19NO4.C4H8O.CH4/c1-2-22-17(21)14-7-10-18(11-8-14)9-6-13-4-3-5-16(20)15(13)12-19;17-10-13-11(2-1-3-14(13)18)4-7-16-8-5-12(6-9-16)15(19)20;1-2-4-5-3-1;/h3-5,12,14,20H,2,6-11H2,1H3;1-3,10,12,18H,4-9H2,(H,19,20);1-4H2;1H4. The van der Waals surface area contributed by atoms with E-state index in [4.69, 9.17) is 14.6 Å². The van der Waals surface area contributed by atoms with Crippen LogP contribution in [-0.4, -0.2) is 109 Å². The molecule has 11 heteroatoms. The summed E-state index contributed by atoms with van der Waals surface area (Å²) in [6.07, 6.45) is 8.33. The van der Waals surface area contributed by atoms with Crippen LogP contribution in [0.1, 0.15) is 84.7 Å². The Balaban J connectivity index is 0.000000286. The highest BCUT2D eigenvalue weighted by Gasteiger charge is 2.26. The summed E-state index contributed by atoms with van der Waals surface area (Å²) >= 11 is 0. The van der Waals surface area contributed by atoms with E-state index < -0.39 is 5.97 Å². The van der Waals surface area contributed by atoms with Gasteiger partial charge in [0.1, 0.15) is 11.5 Å². The summed E-state index contributed by atoms with van der Waals surface area (Å²) in [6, 6.07) is 10.2. The Hall–Kier alpha value is -3.80. The molecule has 11 nitrogen and oxygen atoms in total. The minimum Gasteiger partial charge on any atom is -0.507 e. The Labute approximate surface area is 284 Å². The van der Waals surface area contributed by atoms with Gasteiger partial charge >= 0.3 is 11.9 Å². The number of carbonyl (C=O) groups is 4. The zero-order chi connectivity index (χ0) is 34.0. The summed E-state index contributed by atoms with van der Waals surface area (Å²) < 4.78 is 10.0. The van der Waals surface area contributed by atoms with Crippen LogP contribution in [0.3, 0.4) is 0 Å². The fraction of sp³-hybridized carbons (Fsp3) is 0.568. The number of piperidine rings is 2. The van der Waals surface area contributed by atoms with Gasteiger partial charge in [0, 0.05) is 26.3 Å². The van der Waals surface area contributed by atoms with Gasteiger partial charge in [0.2, 0.25) is 0 Å². The first-order chi connectivity index (χ1) is 22.8. The molecule has 0 bridgehead atoms. The summed E-state index contributed by atoms with van der Waals surface area (Å²) in [5.41, 5.74) is 2.43. The van der Waals surface area contributed by atoms with Crippen LogP contribution in [0, 0.1) is 11.8 Å². The molecule has 266 valence electrons. The second-order valence-electron chi connectivity index (χ2n) is 12.1. The van der Waals surface area contributed by atoms with Gasteiger partial charge in [-0.15, -0.1) is 0 Å². The Kier molecular flexibility index (Phi) is 18.5. The zero-order valence-corrected chi connectivity index (χ0v) is 27.5.